The van der Waals surface area contributed by atoms with Crippen molar-refractivity contribution in [2.75, 3.05) is 11.1 Å². The summed E-state index contributed by atoms with van der Waals surface area (Å²) in [7, 11) is 0. The number of aryl methyl sites for hydroxylation is 2. The van der Waals surface area contributed by atoms with Gasteiger partial charge in [-0.1, -0.05) is 6.07 Å². The lowest BCUT2D eigenvalue weighted by Gasteiger charge is -2.07. The second kappa shape index (κ2) is 6.81. The summed E-state index contributed by atoms with van der Waals surface area (Å²) in [6, 6.07) is 13.6. The number of benzene rings is 1. The maximum atomic E-state index is 12.8. The zero-order valence-electron chi connectivity index (χ0n) is 15.0. The maximum absolute atomic E-state index is 12.8. The Morgan fingerprint density at radius 1 is 1.04 bits per heavy atom. The van der Waals surface area contributed by atoms with E-state index in [0.29, 0.717) is 10.6 Å². The number of aromatic nitrogens is 2. The molecule has 0 unspecified atom stereocenters. The van der Waals surface area contributed by atoms with E-state index >= 15 is 0 Å². The molecule has 0 spiro atoms. The van der Waals surface area contributed by atoms with Crippen molar-refractivity contribution in [3.8, 4) is 11.3 Å². The van der Waals surface area contributed by atoms with Crippen LogP contribution in [-0.2, 0) is 0 Å². The highest BCUT2D eigenvalue weighted by Crippen LogP contribution is 2.34. The molecule has 0 saturated carbocycles. The molecule has 27 heavy (non-hydrogen) atoms. The molecular formula is C21H18N4OS. The molecule has 0 fully saturated rings. The van der Waals surface area contributed by atoms with Crippen molar-refractivity contribution in [1.29, 1.82) is 0 Å². The zero-order valence-corrected chi connectivity index (χ0v) is 15.8. The minimum Gasteiger partial charge on any atom is -0.397 e. The molecule has 1 amide bonds. The van der Waals surface area contributed by atoms with Crippen LogP contribution >= 0.6 is 11.3 Å². The number of nitrogens with two attached hydrogens (primary N) is 1. The van der Waals surface area contributed by atoms with Crippen LogP contribution in [0.5, 0.6) is 0 Å². The molecule has 134 valence electrons. The highest BCUT2D eigenvalue weighted by molar-refractivity contribution is 7.21. The molecule has 4 rings (SSSR count). The number of rotatable bonds is 3. The van der Waals surface area contributed by atoms with Gasteiger partial charge in [-0.05, 0) is 61.4 Å². The van der Waals surface area contributed by atoms with E-state index in [1.54, 1.807) is 12.4 Å². The number of hydrogen-bond donors (Lipinski definition) is 2. The van der Waals surface area contributed by atoms with Crippen LogP contribution in [-0.4, -0.2) is 15.9 Å². The first-order chi connectivity index (χ1) is 13.0. The number of pyridine rings is 2. The van der Waals surface area contributed by atoms with Crippen LogP contribution in [0.25, 0.3) is 21.5 Å². The molecule has 0 aliphatic heterocycles. The molecular weight excluding hydrogens is 356 g/mol. The van der Waals surface area contributed by atoms with E-state index in [1.165, 1.54) is 11.3 Å². The van der Waals surface area contributed by atoms with E-state index in [2.05, 4.69) is 21.4 Å². The van der Waals surface area contributed by atoms with Gasteiger partial charge in [0.05, 0.1) is 11.4 Å². The Hall–Kier alpha value is -3.25. The number of nitrogen functional groups attached to an aromatic ring is 1. The molecule has 3 heterocycles. The molecule has 0 aliphatic carbocycles. The molecule has 4 aromatic rings. The molecule has 3 N–H and O–H groups in total. The first-order valence-electron chi connectivity index (χ1n) is 8.50. The summed E-state index contributed by atoms with van der Waals surface area (Å²) in [6.45, 7) is 4.00. The number of thiophene rings is 1. The predicted octanol–water partition coefficient (Wildman–Crippen LogP) is 4.81. The Balaban J connectivity index is 1.69. The lowest BCUT2D eigenvalue weighted by molar-refractivity contribution is 0.103. The fraction of sp³-hybridized carbons (Fsp3) is 0.0952. The third-order valence-corrected chi connectivity index (χ3v) is 5.37. The Morgan fingerprint density at radius 3 is 2.44 bits per heavy atom. The number of amides is 1. The lowest BCUT2D eigenvalue weighted by atomic mass is 10.1. The quantitative estimate of drug-likeness (QED) is 0.539. The molecule has 0 bridgehead atoms. The van der Waals surface area contributed by atoms with E-state index in [1.807, 2.05) is 50.2 Å². The van der Waals surface area contributed by atoms with Gasteiger partial charge in [-0.2, -0.15) is 0 Å². The van der Waals surface area contributed by atoms with Gasteiger partial charge in [-0.15, -0.1) is 11.3 Å². The fourth-order valence-corrected chi connectivity index (χ4v) is 4.07. The van der Waals surface area contributed by atoms with Crippen LogP contribution in [0.4, 0.5) is 11.4 Å². The largest absolute Gasteiger partial charge is 0.397 e. The van der Waals surface area contributed by atoms with Crippen molar-refractivity contribution >= 4 is 38.8 Å². The van der Waals surface area contributed by atoms with Crippen LogP contribution in [0.3, 0.4) is 0 Å². The Morgan fingerprint density at radius 2 is 1.74 bits per heavy atom. The van der Waals surface area contributed by atoms with Crippen LogP contribution in [0.15, 0.2) is 54.9 Å². The summed E-state index contributed by atoms with van der Waals surface area (Å²) >= 11 is 1.30. The Bertz CT molecular complexity index is 1130. The summed E-state index contributed by atoms with van der Waals surface area (Å²) in [5, 5.41) is 3.74. The van der Waals surface area contributed by atoms with E-state index in [-0.39, 0.29) is 5.91 Å². The minimum atomic E-state index is -0.217. The zero-order chi connectivity index (χ0) is 19.0. The summed E-state index contributed by atoms with van der Waals surface area (Å²) in [6.07, 6.45) is 3.46. The molecule has 0 saturated heterocycles. The third kappa shape index (κ3) is 3.39. The number of nitrogens with zero attached hydrogens (tertiary/aromatic N) is 2. The molecule has 1 aromatic carbocycles. The van der Waals surface area contributed by atoms with Crippen LogP contribution in [0.2, 0.25) is 0 Å². The molecule has 0 aliphatic rings. The molecule has 3 aromatic heterocycles. The van der Waals surface area contributed by atoms with Gasteiger partial charge in [0, 0.05) is 29.0 Å². The first-order valence-corrected chi connectivity index (χ1v) is 9.32. The minimum absolute atomic E-state index is 0.217. The van der Waals surface area contributed by atoms with Gasteiger partial charge in [0.1, 0.15) is 9.71 Å². The average molecular weight is 374 g/mol. The highest BCUT2D eigenvalue weighted by atomic mass is 32.1. The van der Waals surface area contributed by atoms with Gasteiger partial charge < -0.3 is 11.1 Å². The van der Waals surface area contributed by atoms with Crippen molar-refractivity contribution in [2.45, 2.75) is 13.8 Å². The SMILES string of the molecule is Cc1cc(C)cc(NC(=O)c2sc3nc(-c4ccncc4)ccc3c2N)c1. The standard InChI is InChI=1S/C21H18N4OS/c1-12-9-13(2)11-15(10-12)24-20(26)19-18(22)16-3-4-17(25-21(16)27-19)14-5-7-23-8-6-14/h3-11H,22H2,1-2H3,(H,24,26). The van der Waals surface area contributed by atoms with E-state index in [4.69, 9.17) is 5.73 Å². The van der Waals surface area contributed by atoms with E-state index < -0.39 is 0 Å². The summed E-state index contributed by atoms with van der Waals surface area (Å²) in [5.41, 5.74) is 11.5. The topological polar surface area (TPSA) is 80.9 Å². The first kappa shape index (κ1) is 17.2. The summed E-state index contributed by atoms with van der Waals surface area (Å²) < 4.78 is 0. The highest BCUT2D eigenvalue weighted by Gasteiger charge is 2.18. The molecule has 0 radical (unpaired) electrons. The number of carbonyl (C=O) groups is 1. The van der Waals surface area contributed by atoms with Gasteiger partial charge in [0.15, 0.2) is 0 Å². The van der Waals surface area contributed by atoms with Gasteiger partial charge in [0.25, 0.3) is 5.91 Å². The van der Waals surface area contributed by atoms with Crippen molar-refractivity contribution in [3.05, 3.63) is 70.9 Å². The number of hydrogen-bond acceptors (Lipinski definition) is 5. The monoisotopic (exact) mass is 374 g/mol. The van der Waals surface area contributed by atoms with E-state index in [9.17, 15) is 4.79 Å². The van der Waals surface area contributed by atoms with Crippen LogP contribution in [0, 0.1) is 13.8 Å². The number of carbonyl (C=O) groups excluding carboxylic acids is 1. The average Bonchev–Trinajstić information content (AvgIpc) is 2.98. The van der Waals surface area contributed by atoms with Gasteiger partial charge in [-0.25, -0.2) is 4.98 Å². The van der Waals surface area contributed by atoms with Gasteiger partial charge >= 0.3 is 0 Å². The van der Waals surface area contributed by atoms with Crippen molar-refractivity contribution < 1.29 is 4.79 Å². The summed E-state index contributed by atoms with van der Waals surface area (Å²) in [5.74, 6) is -0.217. The second-order valence-corrected chi connectivity index (χ2v) is 7.46. The van der Waals surface area contributed by atoms with Gasteiger partial charge in [-0.3, -0.25) is 9.78 Å². The molecule has 0 atom stereocenters. The maximum Gasteiger partial charge on any atom is 0.267 e. The number of fused-ring (bicyclic) bond motifs is 1. The Labute approximate surface area is 160 Å². The number of nitrogens with one attached hydrogen (secondary N) is 1. The smallest absolute Gasteiger partial charge is 0.267 e. The van der Waals surface area contributed by atoms with Crippen molar-refractivity contribution in [1.82, 2.24) is 9.97 Å². The third-order valence-electron chi connectivity index (χ3n) is 4.26. The predicted molar refractivity (Wildman–Crippen MR) is 111 cm³/mol. The van der Waals surface area contributed by atoms with Crippen LogP contribution in [0.1, 0.15) is 20.8 Å². The molecule has 5 nitrogen and oxygen atoms in total. The Kier molecular flexibility index (Phi) is 4.33. The van der Waals surface area contributed by atoms with Crippen molar-refractivity contribution in [3.63, 3.8) is 0 Å². The number of anilines is 2. The molecule has 6 heteroatoms. The second-order valence-electron chi connectivity index (χ2n) is 6.46. The van der Waals surface area contributed by atoms with Gasteiger partial charge in [0.2, 0.25) is 0 Å². The van der Waals surface area contributed by atoms with Crippen LogP contribution < -0.4 is 11.1 Å². The summed E-state index contributed by atoms with van der Waals surface area (Å²) in [4.78, 5) is 22.7. The van der Waals surface area contributed by atoms with E-state index in [0.717, 1.165) is 38.3 Å². The normalized spacial score (nSPS) is 10.9. The van der Waals surface area contributed by atoms with Crippen molar-refractivity contribution in [2.24, 2.45) is 0 Å². The fourth-order valence-electron chi connectivity index (χ4n) is 3.08. The lowest BCUT2D eigenvalue weighted by Crippen LogP contribution is -2.12.